The SMILES string of the molecule is O=CC1CCc2[nH]ncc2C1. The highest BCUT2D eigenvalue weighted by molar-refractivity contribution is 5.55. The Bertz CT molecular complexity index is 267. The number of rotatable bonds is 1. The quantitative estimate of drug-likeness (QED) is 0.599. The van der Waals surface area contributed by atoms with E-state index in [0.717, 1.165) is 25.5 Å². The van der Waals surface area contributed by atoms with Crippen LogP contribution in [0.2, 0.25) is 0 Å². The largest absolute Gasteiger partial charge is 0.303 e. The van der Waals surface area contributed by atoms with Gasteiger partial charge in [0.15, 0.2) is 0 Å². The highest BCUT2D eigenvalue weighted by Crippen LogP contribution is 2.21. The highest BCUT2D eigenvalue weighted by Gasteiger charge is 2.18. The molecule has 1 aromatic rings. The summed E-state index contributed by atoms with van der Waals surface area (Å²) in [6, 6.07) is 0. The number of aldehydes is 1. The predicted octanol–water partition coefficient (Wildman–Crippen LogP) is 0.714. The maximum atomic E-state index is 10.5. The van der Waals surface area contributed by atoms with Gasteiger partial charge >= 0.3 is 0 Å². The molecular weight excluding hydrogens is 140 g/mol. The molecule has 1 N–H and O–H groups in total. The molecule has 1 aromatic heterocycles. The van der Waals surface area contributed by atoms with Crippen molar-refractivity contribution in [3.8, 4) is 0 Å². The molecule has 11 heavy (non-hydrogen) atoms. The molecule has 2 rings (SSSR count). The minimum Gasteiger partial charge on any atom is -0.303 e. The summed E-state index contributed by atoms with van der Waals surface area (Å²) in [5.74, 6) is 0.222. The lowest BCUT2D eigenvalue weighted by Crippen LogP contribution is -2.14. The van der Waals surface area contributed by atoms with E-state index in [2.05, 4.69) is 10.2 Å². The topological polar surface area (TPSA) is 45.8 Å². The smallest absolute Gasteiger partial charge is 0.123 e. The molecule has 1 aliphatic carbocycles. The first-order valence-electron chi connectivity index (χ1n) is 3.86. The summed E-state index contributed by atoms with van der Waals surface area (Å²) in [6.07, 6.45) is 5.69. The zero-order valence-corrected chi connectivity index (χ0v) is 6.21. The number of nitrogens with one attached hydrogen (secondary N) is 1. The van der Waals surface area contributed by atoms with Crippen molar-refractivity contribution in [3.63, 3.8) is 0 Å². The van der Waals surface area contributed by atoms with E-state index in [0.29, 0.717) is 0 Å². The zero-order chi connectivity index (χ0) is 7.68. The molecule has 0 amide bonds. The summed E-state index contributed by atoms with van der Waals surface area (Å²) >= 11 is 0. The normalized spacial score (nSPS) is 22.7. The Kier molecular flexibility index (Phi) is 1.49. The van der Waals surface area contributed by atoms with Crippen molar-refractivity contribution >= 4 is 6.29 Å². The summed E-state index contributed by atoms with van der Waals surface area (Å²) in [6.45, 7) is 0. The van der Waals surface area contributed by atoms with Crippen LogP contribution in [0.5, 0.6) is 0 Å². The van der Waals surface area contributed by atoms with Crippen LogP contribution in [0.25, 0.3) is 0 Å². The van der Waals surface area contributed by atoms with E-state index in [4.69, 9.17) is 0 Å². The zero-order valence-electron chi connectivity index (χ0n) is 6.21. The monoisotopic (exact) mass is 150 g/mol. The first-order chi connectivity index (χ1) is 5.40. The molecule has 0 spiro atoms. The molecule has 3 heteroatoms. The Balaban J connectivity index is 2.24. The molecule has 0 bridgehead atoms. The molecule has 1 heterocycles. The fourth-order valence-electron chi connectivity index (χ4n) is 1.56. The van der Waals surface area contributed by atoms with Crippen LogP contribution in [-0.4, -0.2) is 16.5 Å². The van der Waals surface area contributed by atoms with Crippen LogP contribution < -0.4 is 0 Å². The van der Waals surface area contributed by atoms with Crippen molar-refractivity contribution < 1.29 is 4.79 Å². The third-order valence-corrected chi connectivity index (χ3v) is 2.25. The molecule has 3 nitrogen and oxygen atoms in total. The van der Waals surface area contributed by atoms with Gasteiger partial charge < -0.3 is 4.79 Å². The van der Waals surface area contributed by atoms with Crippen molar-refractivity contribution in [2.45, 2.75) is 19.3 Å². The Morgan fingerprint density at radius 2 is 2.64 bits per heavy atom. The van der Waals surface area contributed by atoms with Crippen molar-refractivity contribution in [3.05, 3.63) is 17.5 Å². The van der Waals surface area contributed by atoms with Gasteiger partial charge in [0.2, 0.25) is 0 Å². The molecule has 0 saturated heterocycles. The van der Waals surface area contributed by atoms with Crippen LogP contribution in [0.4, 0.5) is 0 Å². The molecule has 0 aliphatic heterocycles. The number of hydrogen-bond acceptors (Lipinski definition) is 2. The Morgan fingerprint density at radius 1 is 1.73 bits per heavy atom. The molecule has 1 aliphatic rings. The number of aromatic amines is 1. The lowest BCUT2D eigenvalue weighted by Gasteiger charge is -2.15. The first-order valence-corrected chi connectivity index (χ1v) is 3.86. The van der Waals surface area contributed by atoms with E-state index in [1.165, 1.54) is 11.3 Å². The van der Waals surface area contributed by atoms with Gasteiger partial charge in [-0.25, -0.2) is 0 Å². The Labute approximate surface area is 64.8 Å². The number of carbonyl (C=O) groups excluding carboxylic acids is 1. The number of nitrogens with zero attached hydrogens (tertiary/aromatic N) is 1. The molecule has 0 fully saturated rings. The van der Waals surface area contributed by atoms with Crippen molar-refractivity contribution in [2.75, 3.05) is 0 Å². The van der Waals surface area contributed by atoms with Gasteiger partial charge in [-0.15, -0.1) is 0 Å². The lowest BCUT2D eigenvalue weighted by molar-refractivity contribution is -0.111. The number of fused-ring (bicyclic) bond motifs is 1. The number of carbonyl (C=O) groups is 1. The fraction of sp³-hybridized carbons (Fsp3) is 0.500. The Hall–Kier alpha value is -1.12. The molecule has 1 unspecified atom stereocenters. The average Bonchev–Trinajstić information content (AvgIpc) is 2.50. The van der Waals surface area contributed by atoms with E-state index >= 15 is 0 Å². The minimum atomic E-state index is 0.222. The van der Waals surface area contributed by atoms with Gasteiger partial charge in [0.1, 0.15) is 6.29 Å². The van der Waals surface area contributed by atoms with Gasteiger partial charge in [-0.1, -0.05) is 0 Å². The van der Waals surface area contributed by atoms with Gasteiger partial charge in [0.25, 0.3) is 0 Å². The second kappa shape index (κ2) is 2.49. The first kappa shape index (κ1) is 6.58. The number of aromatic nitrogens is 2. The van der Waals surface area contributed by atoms with Gasteiger partial charge in [0.05, 0.1) is 6.20 Å². The van der Waals surface area contributed by atoms with Crippen LogP contribution in [0.15, 0.2) is 6.20 Å². The fourth-order valence-corrected chi connectivity index (χ4v) is 1.56. The summed E-state index contributed by atoms with van der Waals surface area (Å²) in [5, 5.41) is 6.87. The second-order valence-corrected chi connectivity index (χ2v) is 3.01. The number of hydrogen-bond donors (Lipinski definition) is 1. The van der Waals surface area contributed by atoms with E-state index in [-0.39, 0.29) is 5.92 Å². The van der Waals surface area contributed by atoms with Crippen LogP contribution >= 0.6 is 0 Å². The van der Waals surface area contributed by atoms with Crippen LogP contribution in [0.1, 0.15) is 17.7 Å². The summed E-state index contributed by atoms with van der Waals surface area (Å²) in [7, 11) is 0. The minimum absolute atomic E-state index is 0.222. The van der Waals surface area contributed by atoms with Crippen LogP contribution in [-0.2, 0) is 17.6 Å². The third kappa shape index (κ3) is 1.06. The summed E-state index contributed by atoms with van der Waals surface area (Å²) in [5.41, 5.74) is 2.43. The van der Waals surface area contributed by atoms with E-state index in [1.54, 1.807) is 0 Å². The lowest BCUT2D eigenvalue weighted by atomic mass is 9.89. The molecule has 58 valence electrons. The van der Waals surface area contributed by atoms with Crippen molar-refractivity contribution in [1.82, 2.24) is 10.2 Å². The van der Waals surface area contributed by atoms with E-state index < -0.39 is 0 Å². The van der Waals surface area contributed by atoms with Crippen LogP contribution in [0, 0.1) is 5.92 Å². The predicted molar refractivity (Wildman–Crippen MR) is 40.2 cm³/mol. The van der Waals surface area contributed by atoms with Crippen LogP contribution in [0.3, 0.4) is 0 Å². The number of aryl methyl sites for hydroxylation is 1. The number of H-pyrrole nitrogens is 1. The third-order valence-electron chi connectivity index (χ3n) is 2.25. The molecule has 0 saturated carbocycles. The van der Waals surface area contributed by atoms with Gasteiger partial charge in [0, 0.05) is 11.6 Å². The molecular formula is C8H10N2O. The molecule has 0 radical (unpaired) electrons. The van der Waals surface area contributed by atoms with Crippen molar-refractivity contribution in [1.29, 1.82) is 0 Å². The van der Waals surface area contributed by atoms with Crippen molar-refractivity contribution in [2.24, 2.45) is 5.92 Å². The standard InChI is InChI=1S/C8H10N2O/c11-5-6-1-2-8-7(3-6)4-9-10-8/h4-6H,1-3H2,(H,9,10). The van der Waals surface area contributed by atoms with Gasteiger partial charge in [-0.3, -0.25) is 5.10 Å². The summed E-state index contributed by atoms with van der Waals surface area (Å²) < 4.78 is 0. The average molecular weight is 150 g/mol. The van der Waals surface area contributed by atoms with E-state index in [1.807, 2.05) is 6.20 Å². The summed E-state index contributed by atoms with van der Waals surface area (Å²) in [4.78, 5) is 10.5. The maximum Gasteiger partial charge on any atom is 0.123 e. The maximum absolute atomic E-state index is 10.5. The highest BCUT2D eigenvalue weighted by atomic mass is 16.1. The second-order valence-electron chi connectivity index (χ2n) is 3.01. The van der Waals surface area contributed by atoms with Gasteiger partial charge in [-0.05, 0) is 24.8 Å². The van der Waals surface area contributed by atoms with Gasteiger partial charge in [-0.2, -0.15) is 5.10 Å². The van der Waals surface area contributed by atoms with E-state index in [9.17, 15) is 4.79 Å². The Morgan fingerprint density at radius 3 is 3.45 bits per heavy atom. The molecule has 1 atom stereocenters. The molecule has 0 aromatic carbocycles.